The van der Waals surface area contributed by atoms with E-state index in [-0.39, 0.29) is 11.9 Å². The van der Waals surface area contributed by atoms with Gasteiger partial charge in [0.2, 0.25) is 0 Å². The first-order valence-corrected chi connectivity index (χ1v) is 9.32. The molecule has 132 valence electrons. The van der Waals surface area contributed by atoms with Crippen molar-refractivity contribution in [1.29, 1.82) is 0 Å². The highest BCUT2D eigenvalue weighted by Gasteiger charge is 2.17. The van der Waals surface area contributed by atoms with Crippen LogP contribution in [-0.2, 0) is 0 Å². The van der Waals surface area contributed by atoms with Crippen LogP contribution < -0.4 is 10.2 Å². The number of hydrogen-bond acceptors (Lipinski definition) is 2. The maximum absolute atomic E-state index is 12.4. The van der Waals surface area contributed by atoms with E-state index < -0.39 is 0 Å². The van der Waals surface area contributed by atoms with Crippen LogP contribution in [-0.4, -0.2) is 19.0 Å². The van der Waals surface area contributed by atoms with E-state index in [1.54, 1.807) is 24.3 Å². The molecule has 0 saturated carbocycles. The summed E-state index contributed by atoms with van der Waals surface area (Å²) in [5, 5.41) is 3.60. The third-order valence-electron chi connectivity index (χ3n) is 4.85. The van der Waals surface area contributed by atoms with E-state index in [1.165, 1.54) is 18.5 Å². The van der Waals surface area contributed by atoms with Crippen molar-refractivity contribution in [2.24, 2.45) is 5.92 Å². The second-order valence-corrected chi connectivity index (χ2v) is 7.43. The van der Waals surface area contributed by atoms with Gasteiger partial charge in [0.1, 0.15) is 0 Å². The van der Waals surface area contributed by atoms with E-state index in [1.807, 2.05) is 6.92 Å². The van der Waals surface area contributed by atoms with Gasteiger partial charge in [-0.1, -0.05) is 36.7 Å². The highest BCUT2D eigenvalue weighted by atomic mass is 35.5. The highest BCUT2D eigenvalue weighted by molar-refractivity contribution is 6.30. The number of carbonyl (C=O) groups is 1. The zero-order valence-corrected chi connectivity index (χ0v) is 15.6. The number of rotatable bonds is 4. The van der Waals surface area contributed by atoms with Gasteiger partial charge >= 0.3 is 0 Å². The van der Waals surface area contributed by atoms with Crippen molar-refractivity contribution in [1.82, 2.24) is 5.32 Å². The molecule has 1 amide bonds. The van der Waals surface area contributed by atoms with Crippen LogP contribution in [0.25, 0.3) is 0 Å². The van der Waals surface area contributed by atoms with Gasteiger partial charge in [-0.3, -0.25) is 4.79 Å². The molecule has 1 aliphatic rings. The predicted molar refractivity (Wildman–Crippen MR) is 104 cm³/mol. The summed E-state index contributed by atoms with van der Waals surface area (Å²) >= 11 is 5.96. The Morgan fingerprint density at radius 2 is 2.00 bits per heavy atom. The average molecular weight is 357 g/mol. The Balaban J connectivity index is 1.64. The summed E-state index contributed by atoms with van der Waals surface area (Å²) in [5.74, 6) is 0.647. The molecule has 0 bridgehead atoms. The zero-order valence-electron chi connectivity index (χ0n) is 14.8. The van der Waals surface area contributed by atoms with Crippen molar-refractivity contribution in [2.75, 3.05) is 18.0 Å². The SMILES string of the molecule is C[C@H]1CCCN(c2ccc([C@@H](C)NC(=O)c3cccc(Cl)c3)cc2)C1. The molecule has 3 rings (SSSR count). The minimum Gasteiger partial charge on any atom is -0.371 e. The fraction of sp³-hybridized carbons (Fsp3) is 0.381. The molecule has 0 aromatic heterocycles. The van der Waals surface area contributed by atoms with Gasteiger partial charge in [-0.05, 0) is 61.6 Å². The Labute approximate surface area is 155 Å². The molecule has 2 aromatic carbocycles. The van der Waals surface area contributed by atoms with Crippen molar-refractivity contribution in [3.05, 3.63) is 64.7 Å². The second kappa shape index (κ2) is 7.92. The second-order valence-electron chi connectivity index (χ2n) is 6.99. The number of carbonyl (C=O) groups excluding carboxylic acids is 1. The number of piperidine rings is 1. The molecular weight excluding hydrogens is 332 g/mol. The third kappa shape index (κ3) is 4.55. The summed E-state index contributed by atoms with van der Waals surface area (Å²) in [4.78, 5) is 14.8. The minimum atomic E-state index is -0.107. The monoisotopic (exact) mass is 356 g/mol. The van der Waals surface area contributed by atoms with Gasteiger partial charge in [0.25, 0.3) is 5.91 Å². The fourth-order valence-electron chi connectivity index (χ4n) is 3.39. The standard InChI is InChI=1S/C21H25ClN2O/c1-15-5-4-12-24(14-15)20-10-8-17(9-11-20)16(2)23-21(25)18-6-3-7-19(22)13-18/h3,6-11,13,15-16H,4-5,12,14H2,1-2H3,(H,23,25)/t15-,16+/m0/s1. The van der Waals surface area contributed by atoms with Gasteiger partial charge in [0, 0.05) is 29.4 Å². The maximum Gasteiger partial charge on any atom is 0.251 e. The summed E-state index contributed by atoms with van der Waals surface area (Å²) in [7, 11) is 0. The van der Waals surface area contributed by atoms with E-state index in [9.17, 15) is 4.79 Å². The lowest BCUT2D eigenvalue weighted by Crippen LogP contribution is -2.34. The van der Waals surface area contributed by atoms with Crippen molar-refractivity contribution < 1.29 is 4.79 Å². The molecule has 0 unspecified atom stereocenters. The Kier molecular flexibility index (Phi) is 5.64. The average Bonchev–Trinajstić information content (AvgIpc) is 2.62. The van der Waals surface area contributed by atoms with Crippen LogP contribution in [0.2, 0.25) is 5.02 Å². The summed E-state index contributed by atoms with van der Waals surface area (Å²) in [5.41, 5.74) is 2.95. The molecule has 2 aromatic rings. The summed E-state index contributed by atoms with van der Waals surface area (Å²) in [6, 6.07) is 15.5. The summed E-state index contributed by atoms with van der Waals surface area (Å²) < 4.78 is 0. The molecule has 4 heteroatoms. The molecule has 0 radical (unpaired) electrons. The van der Waals surface area contributed by atoms with Crippen LogP contribution in [0.5, 0.6) is 0 Å². The van der Waals surface area contributed by atoms with Crippen LogP contribution >= 0.6 is 11.6 Å². The predicted octanol–water partition coefficient (Wildman–Crippen LogP) is 5.07. The lowest BCUT2D eigenvalue weighted by Gasteiger charge is -2.33. The third-order valence-corrected chi connectivity index (χ3v) is 5.08. The van der Waals surface area contributed by atoms with Crippen molar-refractivity contribution >= 4 is 23.2 Å². The molecule has 1 N–H and O–H groups in total. The number of hydrogen-bond donors (Lipinski definition) is 1. The number of nitrogens with one attached hydrogen (secondary N) is 1. The molecule has 2 atom stereocenters. The Hall–Kier alpha value is -2.00. The summed E-state index contributed by atoms with van der Waals surface area (Å²) in [6.07, 6.45) is 2.58. The summed E-state index contributed by atoms with van der Waals surface area (Å²) in [6.45, 7) is 6.57. The van der Waals surface area contributed by atoms with Gasteiger partial charge in [-0.2, -0.15) is 0 Å². The van der Waals surface area contributed by atoms with E-state index in [2.05, 4.69) is 41.4 Å². The Bertz CT molecular complexity index is 729. The van der Waals surface area contributed by atoms with Crippen molar-refractivity contribution in [2.45, 2.75) is 32.7 Å². The van der Waals surface area contributed by atoms with Crippen LogP contribution in [0.3, 0.4) is 0 Å². The zero-order chi connectivity index (χ0) is 17.8. The first-order chi connectivity index (χ1) is 12.0. The molecular formula is C21H25ClN2O. The topological polar surface area (TPSA) is 32.3 Å². The first kappa shape index (κ1) is 17.8. The number of halogens is 1. The van der Waals surface area contributed by atoms with E-state index in [0.29, 0.717) is 10.6 Å². The molecule has 3 nitrogen and oxygen atoms in total. The molecule has 1 saturated heterocycles. The Morgan fingerprint density at radius 1 is 1.24 bits per heavy atom. The van der Waals surface area contributed by atoms with Crippen LogP contribution in [0.1, 0.15) is 48.7 Å². The van der Waals surface area contributed by atoms with Gasteiger partial charge in [-0.15, -0.1) is 0 Å². The number of anilines is 1. The smallest absolute Gasteiger partial charge is 0.251 e. The number of benzene rings is 2. The number of nitrogens with zero attached hydrogens (tertiary/aromatic N) is 1. The fourth-order valence-corrected chi connectivity index (χ4v) is 3.58. The van der Waals surface area contributed by atoms with Crippen LogP contribution in [0, 0.1) is 5.92 Å². The first-order valence-electron chi connectivity index (χ1n) is 8.94. The van der Waals surface area contributed by atoms with E-state index in [4.69, 9.17) is 11.6 Å². The largest absolute Gasteiger partial charge is 0.371 e. The lowest BCUT2D eigenvalue weighted by molar-refractivity contribution is 0.0940. The molecule has 25 heavy (non-hydrogen) atoms. The van der Waals surface area contributed by atoms with Gasteiger partial charge < -0.3 is 10.2 Å². The van der Waals surface area contributed by atoms with E-state index in [0.717, 1.165) is 24.6 Å². The highest BCUT2D eigenvalue weighted by Crippen LogP contribution is 2.24. The lowest BCUT2D eigenvalue weighted by atomic mass is 9.99. The Morgan fingerprint density at radius 3 is 2.68 bits per heavy atom. The number of amides is 1. The van der Waals surface area contributed by atoms with Crippen molar-refractivity contribution in [3.8, 4) is 0 Å². The van der Waals surface area contributed by atoms with Crippen LogP contribution in [0.15, 0.2) is 48.5 Å². The van der Waals surface area contributed by atoms with Crippen LogP contribution in [0.4, 0.5) is 5.69 Å². The maximum atomic E-state index is 12.4. The quantitative estimate of drug-likeness (QED) is 0.829. The normalized spacial score (nSPS) is 18.7. The van der Waals surface area contributed by atoms with Gasteiger partial charge in [0.05, 0.1) is 6.04 Å². The minimum absolute atomic E-state index is 0.0548. The molecule has 1 fully saturated rings. The van der Waals surface area contributed by atoms with Gasteiger partial charge in [-0.25, -0.2) is 0 Å². The van der Waals surface area contributed by atoms with Gasteiger partial charge in [0.15, 0.2) is 0 Å². The molecule has 1 heterocycles. The van der Waals surface area contributed by atoms with Crippen molar-refractivity contribution in [3.63, 3.8) is 0 Å². The van der Waals surface area contributed by atoms with E-state index >= 15 is 0 Å². The molecule has 1 aliphatic heterocycles. The molecule has 0 spiro atoms. The molecule has 0 aliphatic carbocycles.